The summed E-state index contributed by atoms with van der Waals surface area (Å²) in [4.78, 5) is 37.2. The second-order valence-electron chi connectivity index (χ2n) is 5.76. The molecule has 0 aliphatic heterocycles. The fourth-order valence-electron chi connectivity index (χ4n) is 2.42. The quantitative estimate of drug-likeness (QED) is 0.642. The van der Waals surface area contributed by atoms with Crippen molar-refractivity contribution in [3.05, 3.63) is 62.2 Å². The Balaban J connectivity index is 1.65. The smallest absolute Gasteiger partial charge is 0.258 e. The number of nitrogens with zero attached hydrogens (tertiary/aromatic N) is 3. The van der Waals surface area contributed by atoms with Crippen LogP contribution in [0.4, 0.5) is 5.82 Å². The Morgan fingerprint density at radius 2 is 2.15 bits per heavy atom. The standard InChI is InChI=1S/C17H15BrClN5O2/c1-24(9-16(25)22-14-5-2-10(18)7-20-14)8-15-21-13-4-3-11(19)6-12(13)17(26)23-15/h2-7H,8-9H2,1H3,(H,20,22,25)(H,21,23,26). The zero-order valence-corrected chi connectivity index (χ0v) is 16.1. The van der Waals surface area contributed by atoms with Crippen LogP contribution in [0.1, 0.15) is 5.82 Å². The molecule has 0 radical (unpaired) electrons. The van der Waals surface area contributed by atoms with Gasteiger partial charge in [0.25, 0.3) is 5.56 Å². The van der Waals surface area contributed by atoms with Crippen molar-refractivity contribution in [3.63, 3.8) is 0 Å². The van der Waals surface area contributed by atoms with Crippen LogP contribution in [0.5, 0.6) is 0 Å². The van der Waals surface area contributed by atoms with Gasteiger partial charge < -0.3 is 10.3 Å². The molecule has 0 aliphatic carbocycles. The van der Waals surface area contributed by atoms with Gasteiger partial charge in [0, 0.05) is 15.7 Å². The number of aromatic nitrogens is 3. The number of pyridine rings is 1. The van der Waals surface area contributed by atoms with Crippen molar-refractivity contribution in [2.75, 3.05) is 18.9 Å². The second kappa shape index (κ2) is 7.94. The zero-order chi connectivity index (χ0) is 18.7. The maximum atomic E-state index is 12.2. The van der Waals surface area contributed by atoms with Crippen molar-refractivity contribution in [2.24, 2.45) is 0 Å². The Hall–Kier alpha value is -2.29. The van der Waals surface area contributed by atoms with Gasteiger partial charge in [-0.05, 0) is 53.3 Å². The number of fused-ring (bicyclic) bond motifs is 1. The second-order valence-corrected chi connectivity index (χ2v) is 7.11. The van der Waals surface area contributed by atoms with Crippen LogP contribution in [0.2, 0.25) is 5.02 Å². The third-order valence-electron chi connectivity index (χ3n) is 3.54. The maximum absolute atomic E-state index is 12.2. The van der Waals surface area contributed by atoms with Gasteiger partial charge in [-0.2, -0.15) is 0 Å². The highest BCUT2D eigenvalue weighted by Gasteiger charge is 2.11. The summed E-state index contributed by atoms with van der Waals surface area (Å²) in [6, 6.07) is 8.46. The lowest BCUT2D eigenvalue weighted by Crippen LogP contribution is -2.31. The SMILES string of the molecule is CN(CC(=O)Nc1ccc(Br)cn1)Cc1nc2ccc(Cl)cc2c(=O)[nH]1. The van der Waals surface area contributed by atoms with E-state index in [9.17, 15) is 9.59 Å². The van der Waals surface area contributed by atoms with E-state index in [2.05, 4.69) is 36.2 Å². The number of benzene rings is 1. The summed E-state index contributed by atoms with van der Waals surface area (Å²) in [5.74, 6) is 0.736. The molecule has 3 aromatic rings. The van der Waals surface area contributed by atoms with Crippen LogP contribution in [0.25, 0.3) is 10.9 Å². The van der Waals surface area contributed by atoms with Crippen LogP contribution in [-0.2, 0) is 11.3 Å². The van der Waals surface area contributed by atoms with Gasteiger partial charge >= 0.3 is 0 Å². The lowest BCUT2D eigenvalue weighted by Gasteiger charge is -2.15. The van der Waals surface area contributed by atoms with Gasteiger partial charge in [0.1, 0.15) is 11.6 Å². The first-order valence-corrected chi connectivity index (χ1v) is 8.86. The van der Waals surface area contributed by atoms with E-state index < -0.39 is 0 Å². The van der Waals surface area contributed by atoms with Crippen molar-refractivity contribution < 1.29 is 4.79 Å². The molecule has 3 rings (SSSR count). The number of halogens is 2. The van der Waals surface area contributed by atoms with Crippen LogP contribution in [0, 0.1) is 0 Å². The Labute approximate surface area is 162 Å². The fourth-order valence-corrected chi connectivity index (χ4v) is 2.83. The summed E-state index contributed by atoms with van der Waals surface area (Å²) in [6.07, 6.45) is 1.61. The van der Waals surface area contributed by atoms with Crippen LogP contribution in [-0.4, -0.2) is 39.4 Å². The average Bonchev–Trinajstić information content (AvgIpc) is 2.57. The Bertz CT molecular complexity index is 1010. The molecule has 0 saturated carbocycles. The number of anilines is 1. The number of nitrogens with one attached hydrogen (secondary N) is 2. The van der Waals surface area contributed by atoms with Gasteiger partial charge in [0.2, 0.25) is 5.91 Å². The summed E-state index contributed by atoms with van der Waals surface area (Å²) in [7, 11) is 1.76. The average molecular weight is 437 g/mol. The highest BCUT2D eigenvalue weighted by molar-refractivity contribution is 9.10. The minimum atomic E-state index is -0.260. The predicted octanol–water partition coefficient (Wildman–Crippen LogP) is 2.80. The summed E-state index contributed by atoms with van der Waals surface area (Å²) in [5.41, 5.74) is 0.300. The molecule has 9 heteroatoms. The summed E-state index contributed by atoms with van der Waals surface area (Å²) in [6.45, 7) is 0.440. The fraction of sp³-hybridized carbons (Fsp3) is 0.176. The number of amides is 1. The van der Waals surface area contributed by atoms with E-state index in [0.717, 1.165) is 4.47 Å². The summed E-state index contributed by atoms with van der Waals surface area (Å²) < 4.78 is 0.834. The normalized spacial score (nSPS) is 11.1. The molecule has 26 heavy (non-hydrogen) atoms. The molecule has 7 nitrogen and oxygen atoms in total. The molecule has 0 fully saturated rings. The number of likely N-dealkylation sites (N-methyl/N-ethyl adjacent to an activating group) is 1. The van der Waals surface area contributed by atoms with E-state index in [1.54, 1.807) is 48.5 Å². The molecular weight excluding hydrogens is 422 g/mol. The van der Waals surface area contributed by atoms with E-state index >= 15 is 0 Å². The van der Waals surface area contributed by atoms with Crippen molar-refractivity contribution >= 4 is 50.2 Å². The van der Waals surface area contributed by atoms with E-state index in [1.807, 2.05) is 0 Å². The van der Waals surface area contributed by atoms with E-state index in [1.165, 1.54) is 0 Å². The van der Waals surface area contributed by atoms with Crippen molar-refractivity contribution in [1.82, 2.24) is 19.9 Å². The molecule has 134 valence electrons. The molecule has 2 heterocycles. The number of H-pyrrole nitrogens is 1. The van der Waals surface area contributed by atoms with E-state index in [0.29, 0.717) is 34.1 Å². The minimum absolute atomic E-state index is 0.125. The first-order valence-electron chi connectivity index (χ1n) is 7.69. The Morgan fingerprint density at radius 3 is 2.88 bits per heavy atom. The number of carbonyl (C=O) groups is 1. The molecule has 2 aromatic heterocycles. The maximum Gasteiger partial charge on any atom is 0.258 e. The van der Waals surface area contributed by atoms with Crippen molar-refractivity contribution in [3.8, 4) is 0 Å². The summed E-state index contributed by atoms with van der Waals surface area (Å²) in [5, 5.41) is 3.63. The molecule has 0 unspecified atom stereocenters. The van der Waals surface area contributed by atoms with Crippen molar-refractivity contribution in [2.45, 2.75) is 6.54 Å². The molecular formula is C17H15BrClN5O2. The number of hydrogen-bond donors (Lipinski definition) is 2. The molecule has 0 atom stereocenters. The molecule has 2 N–H and O–H groups in total. The number of aromatic amines is 1. The Morgan fingerprint density at radius 1 is 1.35 bits per heavy atom. The van der Waals surface area contributed by atoms with Crippen LogP contribution in [0.15, 0.2) is 45.8 Å². The lowest BCUT2D eigenvalue weighted by molar-refractivity contribution is -0.117. The van der Waals surface area contributed by atoms with Gasteiger partial charge in [-0.15, -0.1) is 0 Å². The first-order chi connectivity index (χ1) is 12.4. The minimum Gasteiger partial charge on any atom is -0.310 e. The monoisotopic (exact) mass is 435 g/mol. The van der Waals surface area contributed by atoms with Gasteiger partial charge in [-0.3, -0.25) is 14.5 Å². The molecule has 1 amide bonds. The van der Waals surface area contributed by atoms with Crippen LogP contribution >= 0.6 is 27.5 Å². The predicted molar refractivity (Wildman–Crippen MR) is 104 cm³/mol. The lowest BCUT2D eigenvalue weighted by atomic mass is 10.2. The third-order valence-corrected chi connectivity index (χ3v) is 4.25. The van der Waals surface area contributed by atoms with Gasteiger partial charge in [0.15, 0.2) is 0 Å². The first kappa shape index (κ1) is 18.5. The number of rotatable bonds is 5. The third kappa shape index (κ3) is 4.66. The van der Waals surface area contributed by atoms with E-state index in [-0.39, 0.29) is 18.0 Å². The molecule has 0 spiro atoms. The zero-order valence-electron chi connectivity index (χ0n) is 13.8. The summed E-state index contributed by atoms with van der Waals surface area (Å²) >= 11 is 9.20. The van der Waals surface area contributed by atoms with Crippen molar-refractivity contribution in [1.29, 1.82) is 0 Å². The number of hydrogen-bond acceptors (Lipinski definition) is 5. The molecule has 0 aliphatic rings. The van der Waals surface area contributed by atoms with Gasteiger partial charge in [0.05, 0.1) is 24.0 Å². The molecule has 0 saturated heterocycles. The van der Waals surface area contributed by atoms with Crippen LogP contribution < -0.4 is 10.9 Å². The topological polar surface area (TPSA) is 91.0 Å². The van der Waals surface area contributed by atoms with E-state index in [4.69, 9.17) is 11.6 Å². The van der Waals surface area contributed by atoms with Crippen LogP contribution in [0.3, 0.4) is 0 Å². The highest BCUT2D eigenvalue weighted by Crippen LogP contribution is 2.15. The van der Waals surface area contributed by atoms with Gasteiger partial charge in [-0.1, -0.05) is 11.6 Å². The van der Waals surface area contributed by atoms with Gasteiger partial charge in [-0.25, -0.2) is 9.97 Å². The largest absolute Gasteiger partial charge is 0.310 e. The Kier molecular flexibility index (Phi) is 5.65. The number of carbonyl (C=O) groups excluding carboxylic acids is 1. The molecule has 0 bridgehead atoms. The highest BCUT2D eigenvalue weighted by atomic mass is 79.9. The molecule has 1 aromatic carbocycles.